The van der Waals surface area contributed by atoms with E-state index in [9.17, 15) is 9.59 Å². The molecule has 0 saturated carbocycles. The summed E-state index contributed by atoms with van der Waals surface area (Å²) in [6.07, 6.45) is 3.35. The van der Waals surface area contributed by atoms with Crippen LogP contribution in [0, 0.1) is 5.41 Å². The van der Waals surface area contributed by atoms with Crippen molar-refractivity contribution in [2.24, 2.45) is 11.1 Å². The normalized spacial score (nSPS) is 11.1. The summed E-state index contributed by atoms with van der Waals surface area (Å²) in [4.78, 5) is 29.1. The molecule has 0 spiro atoms. The molecule has 128 valence electrons. The van der Waals surface area contributed by atoms with Crippen molar-refractivity contribution in [1.29, 1.82) is 0 Å². The lowest BCUT2D eigenvalue weighted by atomic mass is 9.93. The number of carbonyl (C=O) groups is 2. The molecule has 0 aliphatic heterocycles. The Morgan fingerprint density at radius 1 is 1.39 bits per heavy atom. The third-order valence-corrected chi connectivity index (χ3v) is 3.31. The first-order chi connectivity index (χ1) is 10.8. The van der Waals surface area contributed by atoms with Gasteiger partial charge in [-0.2, -0.15) is 0 Å². The smallest absolute Gasteiger partial charge is 0.248 e. The van der Waals surface area contributed by atoms with E-state index in [-0.39, 0.29) is 30.4 Å². The van der Waals surface area contributed by atoms with Gasteiger partial charge in [-0.25, -0.2) is 0 Å². The number of nitrogens with one attached hydrogen (secondary N) is 1. The highest BCUT2D eigenvalue weighted by atomic mass is 16.5. The van der Waals surface area contributed by atoms with Crippen molar-refractivity contribution in [3.8, 4) is 0 Å². The van der Waals surface area contributed by atoms with Gasteiger partial charge in [0.05, 0.1) is 0 Å². The van der Waals surface area contributed by atoms with Crippen LogP contribution in [0.4, 0.5) is 0 Å². The molecule has 1 aromatic rings. The molecule has 0 aliphatic rings. The highest BCUT2D eigenvalue weighted by molar-refractivity contribution is 5.79. The summed E-state index contributed by atoms with van der Waals surface area (Å²) < 4.78 is 5.16. The fourth-order valence-corrected chi connectivity index (χ4v) is 1.89. The number of aromatic nitrogens is 1. The Labute approximate surface area is 137 Å². The zero-order valence-corrected chi connectivity index (χ0v) is 14.0. The first-order valence-corrected chi connectivity index (χ1v) is 7.51. The summed E-state index contributed by atoms with van der Waals surface area (Å²) in [5.41, 5.74) is 6.41. The van der Waals surface area contributed by atoms with Gasteiger partial charge in [0.15, 0.2) is 0 Å². The Kier molecular flexibility index (Phi) is 7.64. The molecule has 7 nitrogen and oxygen atoms in total. The monoisotopic (exact) mass is 322 g/mol. The molecular formula is C16H26N4O3. The fourth-order valence-electron chi connectivity index (χ4n) is 1.89. The first kappa shape index (κ1) is 19.1. The van der Waals surface area contributed by atoms with Crippen LogP contribution in [0.2, 0.25) is 0 Å². The number of likely N-dealkylation sites (N-methyl/N-ethyl adjacent to an activating group) is 1. The van der Waals surface area contributed by atoms with E-state index < -0.39 is 0 Å². The average molecular weight is 322 g/mol. The SMILES string of the molecule is CN(CC(C)(C)CN)C(=O)COCC(=O)NCc1cccnc1. The minimum absolute atomic E-state index is 0.128. The maximum absolute atomic E-state index is 11.9. The van der Waals surface area contributed by atoms with E-state index in [2.05, 4.69) is 10.3 Å². The lowest BCUT2D eigenvalue weighted by molar-refractivity contribution is -0.138. The summed E-state index contributed by atoms with van der Waals surface area (Å²) >= 11 is 0. The van der Waals surface area contributed by atoms with Crippen LogP contribution in [0.1, 0.15) is 19.4 Å². The van der Waals surface area contributed by atoms with Gasteiger partial charge in [0.2, 0.25) is 11.8 Å². The van der Waals surface area contributed by atoms with Crippen LogP contribution < -0.4 is 11.1 Å². The number of nitrogens with two attached hydrogens (primary N) is 1. The van der Waals surface area contributed by atoms with Crippen molar-refractivity contribution < 1.29 is 14.3 Å². The van der Waals surface area contributed by atoms with Crippen LogP contribution >= 0.6 is 0 Å². The van der Waals surface area contributed by atoms with Crippen LogP contribution in [-0.2, 0) is 20.9 Å². The second-order valence-electron chi connectivity index (χ2n) is 6.25. The summed E-state index contributed by atoms with van der Waals surface area (Å²) in [5.74, 6) is -0.446. The number of hydrogen-bond acceptors (Lipinski definition) is 5. The molecule has 0 unspecified atom stereocenters. The lowest BCUT2D eigenvalue weighted by Gasteiger charge is -2.28. The molecule has 0 saturated heterocycles. The van der Waals surface area contributed by atoms with Crippen LogP contribution in [0.15, 0.2) is 24.5 Å². The molecular weight excluding hydrogens is 296 g/mol. The molecule has 1 heterocycles. The lowest BCUT2D eigenvalue weighted by Crippen LogP contribution is -2.41. The molecule has 2 amide bonds. The quantitative estimate of drug-likeness (QED) is 0.675. The summed E-state index contributed by atoms with van der Waals surface area (Å²) in [5, 5.41) is 2.70. The molecule has 0 radical (unpaired) electrons. The molecule has 1 rings (SSSR count). The highest BCUT2D eigenvalue weighted by Gasteiger charge is 2.21. The second-order valence-corrected chi connectivity index (χ2v) is 6.25. The Morgan fingerprint density at radius 3 is 2.74 bits per heavy atom. The van der Waals surface area contributed by atoms with E-state index >= 15 is 0 Å². The maximum Gasteiger partial charge on any atom is 0.248 e. The molecule has 0 atom stereocenters. The predicted octanol–water partition coefficient (Wildman–Crippen LogP) is 0.158. The van der Waals surface area contributed by atoms with Gasteiger partial charge in [-0.05, 0) is 23.6 Å². The molecule has 0 bridgehead atoms. The van der Waals surface area contributed by atoms with Crippen LogP contribution in [0.25, 0.3) is 0 Å². The number of nitrogens with zero attached hydrogens (tertiary/aromatic N) is 2. The van der Waals surface area contributed by atoms with Crippen LogP contribution in [0.5, 0.6) is 0 Å². The van der Waals surface area contributed by atoms with Crippen molar-refractivity contribution in [2.45, 2.75) is 20.4 Å². The Bertz CT molecular complexity index is 505. The molecule has 0 aliphatic carbocycles. The summed E-state index contributed by atoms with van der Waals surface area (Å²) in [6.45, 7) is 5.11. The first-order valence-electron chi connectivity index (χ1n) is 7.51. The third kappa shape index (κ3) is 7.71. The minimum Gasteiger partial charge on any atom is -0.362 e. The van der Waals surface area contributed by atoms with Gasteiger partial charge in [-0.1, -0.05) is 19.9 Å². The summed E-state index contributed by atoms with van der Waals surface area (Å²) in [7, 11) is 1.70. The number of rotatable bonds is 9. The number of carbonyl (C=O) groups excluding carboxylic acids is 2. The number of hydrogen-bond donors (Lipinski definition) is 2. The Balaban J connectivity index is 2.22. The fraction of sp³-hybridized carbons (Fsp3) is 0.562. The van der Waals surface area contributed by atoms with Crippen molar-refractivity contribution in [3.63, 3.8) is 0 Å². The van der Waals surface area contributed by atoms with Gasteiger partial charge < -0.3 is 20.7 Å². The molecule has 0 aromatic carbocycles. The van der Waals surface area contributed by atoms with Crippen molar-refractivity contribution in [1.82, 2.24) is 15.2 Å². The van der Waals surface area contributed by atoms with Gasteiger partial charge in [-0.3, -0.25) is 14.6 Å². The van der Waals surface area contributed by atoms with Gasteiger partial charge in [0.25, 0.3) is 0 Å². The van der Waals surface area contributed by atoms with E-state index in [1.807, 2.05) is 19.9 Å². The highest BCUT2D eigenvalue weighted by Crippen LogP contribution is 2.13. The van der Waals surface area contributed by atoms with E-state index in [1.54, 1.807) is 30.4 Å². The molecule has 1 aromatic heterocycles. The van der Waals surface area contributed by atoms with E-state index in [0.717, 1.165) is 5.56 Å². The predicted molar refractivity (Wildman–Crippen MR) is 87.4 cm³/mol. The zero-order chi connectivity index (χ0) is 17.3. The second kappa shape index (κ2) is 9.22. The largest absolute Gasteiger partial charge is 0.362 e. The third-order valence-electron chi connectivity index (χ3n) is 3.31. The minimum atomic E-state index is -0.272. The zero-order valence-electron chi connectivity index (χ0n) is 14.0. The van der Waals surface area contributed by atoms with Gasteiger partial charge in [0.1, 0.15) is 13.2 Å². The van der Waals surface area contributed by atoms with Crippen LogP contribution in [0.3, 0.4) is 0 Å². The van der Waals surface area contributed by atoms with E-state index in [4.69, 9.17) is 10.5 Å². The van der Waals surface area contributed by atoms with Crippen molar-refractivity contribution >= 4 is 11.8 Å². The van der Waals surface area contributed by atoms with Crippen molar-refractivity contribution in [2.75, 3.05) is 33.4 Å². The van der Waals surface area contributed by atoms with E-state index in [0.29, 0.717) is 19.6 Å². The Morgan fingerprint density at radius 2 is 2.13 bits per heavy atom. The molecule has 23 heavy (non-hydrogen) atoms. The molecule has 0 fully saturated rings. The molecule has 3 N–H and O–H groups in total. The Hall–Kier alpha value is -1.99. The van der Waals surface area contributed by atoms with Gasteiger partial charge in [0, 0.05) is 32.5 Å². The summed E-state index contributed by atoms with van der Waals surface area (Å²) in [6, 6.07) is 3.67. The maximum atomic E-state index is 11.9. The van der Waals surface area contributed by atoms with Gasteiger partial charge >= 0.3 is 0 Å². The number of pyridine rings is 1. The van der Waals surface area contributed by atoms with Crippen molar-refractivity contribution in [3.05, 3.63) is 30.1 Å². The van der Waals surface area contributed by atoms with Crippen LogP contribution in [-0.4, -0.2) is 55.0 Å². The number of ether oxygens (including phenoxy) is 1. The standard InChI is InChI=1S/C16H26N4O3/c1-16(2,11-17)12-20(3)15(22)10-23-9-14(21)19-8-13-5-4-6-18-7-13/h4-7H,8-12,17H2,1-3H3,(H,19,21). The topological polar surface area (TPSA) is 97.5 Å². The number of amides is 2. The molecule has 7 heteroatoms. The van der Waals surface area contributed by atoms with Gasteiger partial charge in [-0.15, -0.1) is 0 Å². The van der Waals surface area contributed by atoms with E-state index in [1.165, 1.54) is 0 Å². The average Bonchev–Trinajstić information content (AvgIpc) is 2.53.